The fourth-order valence-electron chi connectivity index (χ4n) is 8.14. The highest BCUT2D eigenvalue weighted by atomic mass is 35.5. The van der Waals surface area contributed by atoms with Crippen LogP contribution in [0.1, 0.15) is 25.7 Å². The number of hydrogen-bond donors (Lipinski definition) is 0. The maximum Gasteiger partial charge on any atom is 0.319 e. The molecule has 1 amide bonds. The number of halogens is 6. The standard InChI is InChI=1S/C37H35ClF5N7O2/c1-47(24-10-14-49(18-24)28(51)7-3-12-48-19-37(42,43)20-48)34-26-16-44-32(25-6-2-5-22-8-9-27(40)30(38)29(22)25)31(41)33(26)45-35(46-34)52-21-36-11-4-13-50(36)17-23(39)15-36/h2,5-6,8-9,16,23-24H,4,10-15,17-21H2,1H3/t23-,24-,36+/m1/s1. The Labute approximate surface area is 301 Å². The van der Waals surface area contributed by atoms with Gasteiger partial charge in [0.2, 0.25) is 0 Å². The molecule has 9 nitrogen and oxygen atoms in total. The minimum absolute atomic E-state index is 0.0784. The molecule has 3 atom stereocenters. The molecule has 2 aromatic carbocycles. The van der Waals surface area contributed by atoms with Crippen molar-refractivity contribution in [3.63, 3.8) is 0 Å². The second kappa shape index (κ2) is 13.3. The lowest BCUT2D eigenvalue weighted by molar-refractivity contribution is -0.125. The zero-order valence-electron chi connectivity index (χ0n) is 28.3. The smallest absolute Gasteiger partial charge is 0.319 e. The van der Waals surface area contributed by atoms with E-state index in [4.69, 9.17) is 21.3 Å². The van der Waals surface area contributed by atoms with E-state index >= 15 is 4.39 Å². The molecule has 2 aromatic heterocycles. The molecule has 4 aromatic rings. The topological polar surface area (TPSA) is 77.9 Å². The van der Waals surface area contributed by atoms with E-state index in [2.05, 4.69) is 26.7 Å². The Morgan fingerprint density at radius 1 is 1.13 bits per heavy atom. The van der Waals surface area contributed by atoms with Crippen LogP contribution in [-0.2, 0) is 4.79 Å². The first kappa shape index (κ1) is 34.7. The van der Waals surface area contributed by atoms with Crippen LogP contribution in [0.25, 0.3) is 32.9 Å². The van der Waals surface area contributed by atoms with Crippen molar-refractivity contribution in [3.8, 4) is 29.1 Å². The highest BCUT2D eigenvalue weighted by molar-refractivity contribution is 6.36. The SMILES string of the molecule is CN(c1nc(OC[C@@]23CCCN2C[C@H](F)C3)nc2c(F)c(-c3cccc4ccc(F)c(Cl)c34)ncc12)[C@@H]1CCN(C(=O)C#CCN2CC(F)(F)C2)C1. The number of aromatic nitrogens is 3. The molecule has 4 saturated heterocycles. The number of ether oxygens (including phenoxy) is 1. The molecule has 6 heterocycles. The van der Waals surface area contributed by atoms with Crippen LogP contribution in [0.3, 0.4) is 0 Å². The minimum Gasteiger partial charge on any atom is -0.461 e. The molecule has 0 aliphatic carbocycles. The molecule has 4 aliphatic heterocycles. The number of anilines is 1. The van der Waals surface area contributed by atoms with E-state index in [9.17, 15) is 22.4 Å². The Bertz CT molecular complexity index is 2140. The predicted octanol–water partition coefficient (Wildman–Crippen LogP) is 5.72. The lowest BCUT2D eigenvalue weighted by atomic mass is 9.95. The van der Waals surface area contributed by atoms with E-state index in [1.807, 2.05) is 4.90 Å². The number of alkyl halides is 3. The van der Waals surface area contributed by atoms with Crippen LogP contribution in [0, 0.1) is 23.5 Å². The average molecular weight is 740 g/mol. The van der Waals surface area contributed by atoms with Crippen LogP contribution in [-0.4, -0.2) is 119 Å². The van der Waals surface area contributed by atoms with Crippen molar-refractivity contribution in [1.29, 1.82) is 0 Å². The van der Waals surface area contributed by atoms with Crippen LogP contribution in [0.4, 0.5) is 27.8 Å². The van der Waals surface area contributed by atoms with Crippen molar-refractivity contribution < 1.29 is 31.5 Å². The lowest BCUT2D eigenvalue weighted by Crippen LogP contribution is -2.56. The highest BCUT2D eigenvalue weighted by Gasteiger charge is 2.49. The molecule has 0 N–H and O–H groups in total. The van der Waals surface area contributed by atoms with Crippen molar-refractivity contribution in [3.05, 3.63) is 53.2 Å². The first-order valence-corrected chi connectivity index (χ1v) is 17.7. The summed E-state index contributed by atoms with van der Waals surface area (Å²) in [5.41, 5.74) is -0.380. The number of carbonyl (C=O) groups is 1. The minimum atomic E-state index is -2.71. The molecule has 52 heavy (non-hydrogen) atoms. The van der Waals surface area contributed by atoms with Crippen LogP contribution in [0.5, 0.6) is 6.01 Å². The molecule has 0 bridgehead atoms. The Morgan fingerprint density at radius 2 is 1.96 bits per heavy atom. The monoisotopic (exact) mass is 739 g/mol. The van der Waals surface area contributed by atoms with Crippen LogP contribution in [0.2, 0.25) is 5.02 Å². The number of likely N-dealkylation sites (tertiary alicyclic amines) is 2. The first-order chi connectivity index (χ1) is 24.9. The fraction of sp³-hybridized carbons (Fsp3) is 0.459. The van der Waals surface area contributed by atoms with Gasteiger partial charge in [-0.1, -0.05) is 41.8 Å². The van der Waals surface area contributed by atoms with Gasteiger partial charge in [-0.15, -0.1) is 0 Å². The molecule has 0 saturated carbocycles. The molecule has 8 rings (SSSR count). The maximum absolute atomic E-state index is 16.8. The lowest BCUT2D eigenvalue weighted by Gasteiger charge is -2.37. The van der Waals surface area contributed by atoms with Crippen LogP contribution in [0.15, 0.2) is 36.5 Å². The Kier molecular flexibility index (Phi) is 8.87. The summed E-state index contributed by atoms with van der Waals surface area (Å²) in [5, 5.41) is 1.04. The van der Waals surface area contributed by atoms with E-state index in [0.717, 1.165) is 19.4 Å². The third kappa shape index (κ3) is 6.26. The third-order valence-corrected chi connectivity index (χ3v) is 11.2. The summed E-state index contributed by atoms with van der Waals surface area (Å²) >= 11 is 6.40. The van der Waals surface area contributed by atoms with Crippen LogP contribution < -0.4 is 9.64 Å². The summed E-state index contributed by atoms with van der Waals surface area (Å²) in [7, 11) is 1.78. The predicted molar refractivity (Wildman–Crippen MR) is 186 cm³/mol. The second-order valence-corrected chi connectivity index (χ2v) is 14.6. The molecule has 0 spiro atoms. The number of carbonyl (C=O) groups excluding carboxylic acids is 1. The van der Waals surface area contributed by atoms with Crippen molar-refractivity contribution in [2.75, 3.05) is 64.4 Å². The summed E-state index contributed by atoms with van der Waals surface area (Å²) in [5.74, 6) is 1.04. The van der Waals surface area contributed by atoms with Gasteiger partial charge in [0.15, 0.2) is 5.82 Å². The Balaban J connectivity index is 1.12. The summed E-state index contributed by atoms with van der Waals surface area (Å²) in [6.45, 7) is 1.26. The molecule has 4 aliphatic rings. The summed E-state index contributed by atoms with van der Waals surface area (Å²) in [4.78, 5) is 33.6. The van der Waals surface area contributed by atoms with Gasteiger partial charge in [0.1, 0.15) is 35.6 Å². The van der Waals surface area contributed by atoms with Gasteiger partial charge in [-0.3, -0.25) is 19.6 Å². The zero-order valence-corrected chi connectivity index (χ0v) is 29.1. The molecule has 0 unspecified atom stereocenters. The average Bonchev–Trinajstić information content (AvgIpc) is 3.83. The van der Waals surface area contributed by atoms with Crippen molar-refractivity contribution in [2.24, 2.45) is 0 Å². The quantitative estimate of drug-likeness (QED) is 0.176. The number of fused-ring (bicyclic) bond motifs is 3. The second-order valence-electron chi connectivity index (χ2n) is 14.2. The summed E-state index contributed by atoms with van der Waals surface area (Å²) in [6, 6.07) is 7.53. The van der Waals surface area contributed by atoms with Crippen molar-refractivity contribution in [2.45, 2.75) is 49.4 Å². The maximum atomic E-state index is 16.8. The molecule has 4 fully saturated rings. The fourth-order valence-corrected chi connectivity index (χ4v) is 8.41. The molecular formula is C37H35ClF5N7O2. The number of benzene rings is 2. The van der Waals surface area contributed by atoms with E-state index in [1.165, 1.54) is 17.2 Å². The van der Waals surface area contributed by atoms with Gasteiger partial charge in [-0.05, 0) is 43.2 Å². The summed E-state index contributed by atoms with van der Waals surface area (Å²) in [6.07, 6.45) is 3.04. The van der Waals surface area contributed by atoms with Gasteiger partial charge in [-0.25, -0.2) is 22.0 Å². The Hall–Kier alpha value is -4.32. The largest absolute Gasteiger partial charge is 0.461 e. The number of amides is 1. The Morgan fingerprint density at radius 3 is 2.77 bits per heavy atom. The number of nitrogens with zero attached hydrogens (tertiary/aromatic N) is 7. The zero-order chi connectivity index (χ0) is 36.4. The molecular weight excluding hydrogens is 705 g/mol. The van der Waals surface area contributed by atoms with Crippen molar-refractivity contribution in [1.82, 2.24) is 29.7 Å². The molecule has 0 radical (unpaired) electrons. The van der Waals surface area contributed by atoms with Gasteiger partial charge in [-0.2, -0.15) is 9.97 Å². The summed E-state index contributed by atoms with van der Waals surface area (Å²) < 4.78 is 78.4. The first-order valence-electron chi connectivity index (χ1n) is 17.3. The van der Waals surface area contributed by atoms with Gasteiger partial charge < -0.3 is 14.5 Å². The number of rotatable bonds is 7. The van der Waals surface area contributed by atoms with Gasteiger partial charge in [0, 0.05) is 56.3 Å². The highest BCUT2D eigenvalue weighted by Crippen LogP contribution is 2.42. The molecule has 272 valence electrons. The normalized spacial score (nSPS) is 24.2. The number of pyridine rings is 1. The van der Waals surface area contributed by atoms with E-state index < -0.39 is 35.2 Å². The van der Waals surface area contributed by atoms with Gasteiger partial charge >= 0.3 is 6.01 Å². The van der Waals surface area contributed by atoms with Gasteiger partial charge in [0.25, 0.3) is 11.8 Å². The van der Waals surface area contributed by atoms with E-state index in [-0.39, 0.29) is 72.0 Å². The van der Waals surface area contributed by atoms with E-state index in [0.29, 0.717) is 42.5 Å². The van der Waals surface area contributed by atoms with E-state index in [1.54, 1.807) is 36.2 Å². The number of hydrogen-bond acceptors (Lipinski definition) is 8. The van der Waals surface area contributed by atoms with Crippen molar-refractivity contribution >= 4 is 45.0 Å². The molecule has 15 heteroatoms. The number of likely N-dealkylation sites (N-methyl/N-ethyl adjacent to an activating group) is 1. The van der Waals surface area contributed by atoms with Crippen LogP contribution >= 0.6 is 11.6 Å². The van der Waals surface area contributed by atoms with Gasteiger partial charge in [0.05, 0.1) is 35.6 Å². The third-order valence-electron chi connectivity index (χ3n) is 10.8.